The van der Waals surface area contributed by atoms with E-state index in [4.69, 9.17) is 9.16 Å². The lowest BCUT2D eigenvalue weighted by Crippen LogP contribution is -2.48. The summed E-state index contributed by atoms with van der Waals surface area (Å²) < 4.78 is 11.2. The third-order valence-corrected chi connectivity index (χ3v) is 9.79. The van der Waals surface area contributed by atoms with Crippen molar-refractivity contribution in [2.24, 2.45) is 0 Å². The number of carbonyl (C=O) groups excluding carboxylic acids is 1. The van der Waals surface area contributed by atoms with E-state index < -0.39 is 8.32 Å². The van der Waals surface area contributed by atoms with Crippen LogP contribution in [-0.2, 0) is 14.0 Å². The minimum atomic E-state index is -2.04. The lowest BCUT2D eigenvalue weighted by atomic mass is 10.2. The SMILES string of the molecule is COC(=O)C1CC(C)O[Si]1(C(C)C)C(C)C. The van der Waals surface area contributed by atoms with Crippen LogP contribution in [0.15, 0.2) is 0 Å². The van der Waals surface area contributed by atoms with E-state index in [1.165, 1.54) is 7.11 Å². The van der Waals surface area contributed by atoms with Crippen molar-refractivity contribution in [1.29, 1.82) is 0 Å². The van der Waals surface area contributed by atoms with Gasteiger partial charge in [0.15, 0.2) is 0 Å². The van der Waals surface area contributed by atoms with Gasteiger partial charge in [-0.3, -0.25) is 4.79 Å². The first-order chi connectivity index (χ1) is 7.36. The fourth-order valence-electron chi connectivity index (χ4n) is 3.16. The highest BCUT2D eigenvalue weighted by Crippen LogP contribution is 2.50. The van der Waals surface area contributed by atoms with Gasteiger partial charge >= 0.3 is 5.97 Å². The second-order valence-corrected chi connectivity index (χ2v) is 10.4. The average molecular weight is 244 g/mol. The fraction of sp³-hybridized carbons (Fsp3) is 0.917. The molecule has 0 radical (unpaired) electrons. The van der Waals surface area contributed by atoms with Gasteiger partial charge in [0.25, 0.3) is 0 Å². The number of hydrogen-bond acceptors (Lipinski definition) is 3. The maximum atomic E-state index is 11.9. The third kappa shape index (κ3) is 2.05. The Hall–Kier alpha value is -0.353. The molecular weight excluding hydrogens is 220 g/mol. The highest BCUT2D eigenvalue weighted by atomic mass is 28.4. The smallest absolute Gasteiger partial charge is 0.308 e. The molecule has 1 fully saturated rings. The van der Waals surface area contributed by atoms with Crippen LogP contribution < -0.4 is 0 Å². The van der Waals surface area contributed by atoms with Crippen LogP contribution in [0.5, 0.6) is 0 Å². The van der Waals surface area contributed by atoms with Gasteiger partial charge in [-0.1, -0.05) is 27.7 Å². The Balaban J connectivity index is 3.08. The maximum absolute atomic E-state index is 11.9. The zero-order valence-electron chi connectivity index (χ0n) is 11.2. The number of esters is 1. The third-order valence-electron chi connectivity index (χ3n) is 3.81. The Morgan fingerprint density at radius 2 is 1.81 bits per heavy atom. The first-order valence-corrected chi connectivity index (χ1v) is 8.25. The van der Waals surface area contributed by atoms with Crippen LogP contribution in [-0.4, -0.2) is 27.5 Å². The Kier molecular flexibility index (Phi) is 4.18. The second-order valence-electron chi connectivity index (χ2n) is 5.40. The molecule has 0 aliphatic carbocycles. The van der Waals surface area contributed by atoms with Gasteiger partial charge in [0.2, 0.25) is 8.32 Å². The van der Waals surface area contributed by atoms with Gasteiger partial charge < -0.3 is 9.16 Å². The molecule has 0 aromatic carbocycles. The zero-order chi connectivity index (χ0) is 12.5. The molecule has 0 bridgehead atoms. The quantitative estimate of drug-likeness (QED) is 0.565. The van der Waals surface area contributed by atoms with Crippen molar-refractivity contribution in [3.05, 3.63) is 0 Å². The Morgan fingerprint density at radius 1 is 1.31 bits per heavy atom. The van der Waals surface area contributed by atoms with Gasteiger partial charge in [-0.15, -0.1) is 0 Å². The second kappa shape index (κ2) is 4.88. The summed E-state index contributed by atoms with van der Waals surface area (Å²) in [6.45, 7) is 10.8. The molecule has 16 heavy (non-hydrogen) atoms. The van der Waals surface area contributed by atoms with Crippen LogP contribution in [0.1, 0.15) is 41.0 Å². The molecule has 1 saturated heterocycles. The summed E-state index contributed by atoms with van der Waals surface area (Å²) >= 11 is 0. The van der Waals surface area contributed by atoms with Gasteiger partial charge in [-0.05, 0) is 24.4 Å². The van der Waals surface area contributed by atoms with Gasteiger partial charge in [-0.25, -0.2) is 0 Å². The van der Waals surface area contributed by atoms with E-state index in [0.29, 0.717) is 11.1 Å². The molecule has 3 nitrogen and oxygen atoms in total. The van der Waals surface area contributed by atoms with Crippen LogP contribution in [0, 0.1) is 0 Å². The molecule has 0 aromatic rings. The van der Waals surface area contributed by atoms with E-state index in [0.717, 1.165) is 6.42 Å². The minimum Gasteiger partial charge on any atom is -0.469 e. The van der Waals surface area contributed by atoms with Crippen molar-refractivity contribution in [1.82, 2.24) is 0 Å². The molecule has 1 aliphatic heterocycles. The van der Waals surface area contributed by atoms with Crippen LogP contribution in [0.2, 0.25) is 16.6 Å². The standard InChI is InChI=1S/C12H24O3Si/c1-8(2)16(9(3)4)11(12(13)14-6)7-10(5)15-16/h8-11H,7H2,1-6H3. The number of ether oxygens (including phenoxy) is 1. The van der Waals surface area contributed by atoms with Crippen molar-refractivity contribution in [2.75, 3.05) is 7.11 Å². The Labute approximate surface area is 99.6 Å². The predicted octanol–water partition coefficient (Wildman–Crippen LogP) is 3.10. The summed E-state index contributed by atoms with van der Waals surface area (Å²) in [5.74, 6) is -0.0709. The van der Waals surface area contributed by atoms with E-state index in [9.17, 15) is 4.79 Å². The van der Waals surface area contributed by atoms with Crippen LogP contribution in [0.3, 0.4) is 0 Å². The molecule has 94 valence electrons. The lowest BCUT2D eigenvalue weighted by molar-refractivity contribution is -0.140. The molecule has 0 saturated carbocycles. The summed E-state index contributed by atoms with van der Waals surface area (Å²) in [6.07, 6.45) is 1.02. The van der Waals surface area contributed by atoms with E-state index in [1.807, 2.05) is 0 Å². The topological polar surface area (TPSA) is 35.5 Å². The van der Waals surface area contributed by atoms with Crippen LogP contribution in [0.4, 0.5) is 0 Å². The maximum Gasteiger partial charge on any atom is 0.308 e. The molecule has 0 spiro atoms. The molecule has 2 unspecified atom stereocenters. The minimum absolute atomic E-state index is 0.00694. The monoisotopic (exact) mass is 244 g/mol. The van der Waals surface area contributed by atoms with Crippen LogP contribution >= 0.6 is 0 Å². The molecular formula is C12H24O3Si. The molecule has 0 aromatic heterocycles. The molecule has 0 N–H and O–H groups in total. The molecule has 0 amide bonds. The molecule has 1 aliphatic rings. The summed E-state index contributed by atoms with van der Waals surface area (Å²) in [4.78, 5) is 11.9. The number of rotatable bonds is 3. The highest BCUT2D eigenvalue weighted by Gasteiger charge is 2.57. The Morgan fingerprint density at radius 3 is 2.19 bits per heavy atom. The average Bonchev–Trinajstić information content (AvgIpc) is 2.56. The lowest BCUT2D eigenvalue weighted by Gasteiger charge is -2.38. The van der Waals surface area contributed by atoms with Crippen LogP contribution in [0.25, 0.3) is 0 Å². The van der Waals surface area contributed by atoms with Gasteiger partial charge in [-0.2, -0.15) is 0 Å². The summed E-state index contributed by atoms with van der Waals surface area (Å²) in [7, 11) is -0.561. The molecule has 2 atom stereocenters. The first-order valence-electron chi connectivity index (χ1n) is 6.11. The van der Waals surface area contributed by atoms with E-state index in [2.05, 4.69) is 34.6 Å². The fourth-order valence-corrected chi connectivity index (χ4v) is 8.79. The van der Waals surface area contributed by atoms with E-state index >= 15 is 0 Å². The van der Waals surface area contributed by atoms with Crippen molar-refractivity contribution >= 4 is 14.3 Å². The zero-order valence-corrected chi connectivity index (χ0v) is 12.2. The predicted molar refractivity (Wildman–Crippen MR) is 66.9 cm³/mol. The number of hydrogen-bond donors (Lipinski definition) is 0. The largest absolute Gasteiger partial charge is 0.469 e. The van der Waals surface area contributed by atoms with E-state index in [1.54, 1.807) is 0 Å². The van der Waals surface area contributed by atoms with Gasteiger partial charge in [0.05, 0.1) is 12.7 Å². The van der Waals surface area contributed by atoms with Crippen molar-refractivity contribution in [3.8, 4) is 0 Å². The number of methoxy groups -OCH3 is 1. The normalized spacial score (nSPS) is 28.8. The molecule has 1 rings (SSSR count). The summed E-state index contributed by atoms with van der Waals surface area (Å²) in [6, 6.07) is 0. The van der Waals surface area contributed by atoms with E-state index in [-0.39, 0.29) is 17.6 Å². The number of carbonyl (C=O) groups is 1. The molecule has 1 heterocycles. The van der Waals surface area contributed by atoms with Crippen molar-refractivity contribution in [2.45, 2.75) is 63.8 Å². The summed E-state index contributed by atoms with van der Waals surface area (Å²) in [5, 5.41) is 0. The Bertz CT molecular complexity index is 255. The first kappa shape index (κ1) is 13.7. The molecule has 4 heteroatoms. The van der Waals surface area contributed by atoms with Gasteiger partial charge in [0.1, 0.15) is 0 Å². The highest BCUT2D eigenvalue weighted by molar-refractivity contribution is 6.81. The summed E-state index contributed by atoms with van der Waals surface area (Å²) in [5.41, 5.74) is 0.899. The van der Waals surface area contributed by atoms with Gasteiger partial charge in [0, 0.05) is 6.10 Å². The van der Waals surface area contributed by atoms with Crippen molar-refractivity contribution in [3.63, 3.8) is 0 Å². The van der Waals surface area contributed by atoms with Crippen molar-refractivity contribution < 1.29 is 14.0 Å².